The summed E-state index contributed by atoms with van der Waals surface area (Å²) in [7, 11) is 0. The second-order valence-corrected chi connectivity index (χ2v) is 5.74. The Hall–Kier alpha value is -3.36. The zero-order valence-corrected chi connectivity index (χ0v) is 14.0. The Kier molecular flexibility index (Phi) is 5.11. The predicted octanol–water partition coefficient (Wildman–Crippen LogP) is 1.17. The van der Waals surface area contributed by atoms with Crippen molar-refractivity contribution in [3.05, 3.63) is 91.5 Å². The smallest absolute Gasteiger partial charge is 0.227 e. The van der Waals surface area contributed by atoms with Crippen LogP contribution in [0.3, 0.4) is 0 Å². The van der Waals surface area contributed by atoms with Crippen molar-refractivity contribution < 1.29 is 29.3 Å². The van der Waals surface area contributed by atoms with Gasteiger partial charge in [-0.25, -0.2) is 0 Å². The summed E-state index contributed by atoms with van der Waals surface area (Å²) in [6, 6.07) is 10.1. The second-order valence-electron chi connectivity index (χ2n) is 5.74. The molecule has 2 heterocycles. The molecule has 0 atom stereocenters. The zero-order chi connectivity index (χ0) is 19.6. The van der Waals surface area contributed by atoms with Crippen LogP contribution in [0.4, 0.5) is 0 Å². The Bertz CT molecular complexity index is 998. The van der Waals surface area contributed by atoms with Gasteiger partial charge in [-0.2, -0.15) is 0 Å². The molecule has 0 aliphatic carbocycles. The number of rotatable bonds is 5. The Morgan fingerprint density at radius 2 is 1.22 bits per heavy atom. The molecule has 0 amide bonds. The third-order valence-electron chi connectivity index (χ3n) is 3.97. The lowest BCUT2D eigenvalue weighted by Gasteiger charge is -2.18. The fourth-order valence-electron chi connectivity index (χ4n) is 2.72. The molecule has 8 heteroatoms. The number of aliphatic hydroxyl groups is 2. The molecule has 0 spiro atoms. The van der Waals surface area contributed by atoms with Gasteiger partial charge >= 0.3 is 0 Å². The maximum absolute atomic E-state index is 12.0. The predicted molar refractivity (Wildman–Crippen MR) is 92.5 cm³/mol. The van der Waals surface area contributed by atoms with Crippen LogP contribution >= 0.6 is 0 Å². The van der Waals surface area contributed by atoms with Crippen molar-refractivity contribution in [3.63, 3.8) is 0 Å². The lowest BCUT2D eigenvalue weighted by atomic mass is 9.92. The first-order valence-corrected chi connectivity index (χ1v) is 7.94. The number of aromatic hydroxyl groups is 2. The lowest BCUT2D eigenvalue weighted by Crippen LogP contribution is -2.14. The summed E-state index contributed by atoms with van der Waals surface area (Å²) in [4.78, 5) is 24.1. The summed E-state index contributed by atoms with van der Waals surface area (Å²) in [5.74, 6) is -3.54. The first-order valence-electron chi connectivity index (χ1n) is 7.94. The van der Waals surface area contributed by atoms with Crippen molar-refractivity contribution in [2.24, 2.45) is 0 Å². The van der Waals surface area contributed by atoms with Crippen molar-refractivity contribution in [1.82, 2.24) is 0 Å². The van der Waals surface area contributed by atoms with Gasteiger partial charge < -0.3 is 29.3 Å². The summed E-state index contributed by atoms with van der Waals surface area (Å²) in [5, 5.41) is 39.1. The highest BCUT2D eigenvalue weighted by Crippen LogP contribution is 2.39. The Morgan fingerprint density at radius 1 is 0.778 bits per heavy atom. The number of aliphatic hydroxyl groups excluding tert-OH is 2. The number of hydrogen-bond donors (Lipinski definition) is 4. The van der Waals surface area contributed by atoms with Gasteiger partial charge in [0, 0.05) is 12.1 Å². The van der Waals surface area contributed by atoms with E-state index in [4.69, 9.17) is 8.83 Å². The van der Waals surface area contributed by atoms with Crippen molar-refractivity contribution in [2.75, 3.05) is 0 Å². The van der Waals surface area contributed by atoms with Crippen LogP contribution in [-0.4, -0.2) is 20.4 Å². The van der Waals surface area contributed by atoms with Gasteiger partial charge in [0.05, 0.1) is 0 Å². The van der Waals surface area contributed by atoms with E-state index in [-0.39, 0.29) is 23.0 Å². The van der Waals surface area contributed by atoms with Crippen LogP contribution < -0.4 is 10.9 Å². The summed E-state index contributed by atoms with van der Waals surface area (Å²) >= 11 is 0. The second kappa shape index (κ2) is 7.48. The molecular formula is C19H16O8. The minimum Gasteiger partial charge on any atom is -0.502 e. The topological polar surface area (TPSA) is 141 Å². The maximum Gasteiger partial charge on any atom is 0.227 e. The molecule has 27 heavy (non-hydrogen) atoms. The van der Waals surface area contributed by atoms with E-state index in [1.165, 1.54) is 0 Å². The molecule has 0 aliphatic rings. The minimum atomic E-state index is -1.18. The van der Waals surface area contributed by atoms with Crippen molar-refractivity contribution in [2.45, 2.75) is 19.1 Å². The van der Waals surface area contributed by atoms with Gasteiger partial charge in [0.1, 0.15) is 30.7 Å². The van der Waals surface area contributed by atoms with Crippen LogP contribution in [0.1, 0.15) is 34.5 Å². The molecule has 2 aromatic heterocycles. The van der Waals surface area contributed by atoms with Gasteiger partial charge in [-0.1, -0.05) is 30.3 Å². The van der Waals surface area contributed by atoms with Gasteiger partial charge in [0.2, 0.25) is 22.4 Å². The summed E-state index contributed by atoms with van der Waals surface area (Å²) in [6.45, 7) is -1.20. The van der Waals surface area contributed by atoms with Crippen LogP contribution in [0.25, 0.3) is 0 Å². The SMILES string of the molecule is O=c1cc(CO)oc(C(c2ccccc2)c2oc(CO)cc(=O)c2O)c1O. The summed E-state index contributed by atoms with van der Waals surface area (Å²) < 4.78 is 10.9. The molecule has 8 nitrogen and oxygen atoms in total. The van der Waals surface area contributed by atoms with Gasteiger partial charge in [-0.15, -0.1) is 0 Å². The van der Waals surface area contributed by atoms with Gasteiger partial charge in [0.15, 0.2) is 11.5 Å². The number of benzene rings is 1. The van der Waals surface area contributed by atoms with Crippen LogP contribution in [0.5, 0.6) is 11.5 Å². The Labute approximate surface area is 152 Å². The molecule has 3 rings (SSSR count). The first kappa shape index (κ1) is 18.4. The normalized spacial score (nSPS) is 11.1. The van der Waals surface area contributed by atoms with Crippen LogP contribution in [-0.2, 0) is 13.2 Å². The monoisotopic (exact) mass is 372 g/mol. The number of hydrogen-bond acceptors (Lipinski definition) is 8. The van der Waals surface area contributed by atoms with Crippen molar-refractivity contribution in [1.29, 1.82) is 0 Å². The van der Waals surface area contributed by atoms with E-state index >= 15 is 0 Å². The molecule has 0 saturated heterocycles. The lowest BCUT2D eigenvalue weighted by molar-refractivity contribution is 0.225. The van der Waals surface area contributed by atoms with Gasteiger partial charge in [0.25, 0.3) is 0 Å². The molecule has 0 fully saturated rings. The van der Waals surface area contributed by atoms with E-state index in [2.05, 4.69) is 0 Å². The van der Waals surface area contributed by atoms with E-state index in [0.717, 1.165) is 12.1 Å². The standard InChI is InChI=1S/C19H16O8/c20-8-11-6-13(22)16(24)18(26-11)15(10-4-2-1-3-5-10)19-17(25)14(23)7-12(9-21)27-19/h1-7,15,20-21,24-25H,8-9H2. The van der Waals surface area contributed by atoms with Crippen molar-refractivity contribution >= 4 is 0 Å². The fraction of sp³-hybridized carbons (Fsp3) is 0.158. The van der Waals surface area contributed by atoms with Crippen LogP contribution in [0.15, 0.2) is 60.9 Å². The summed E-state index contributed by atoms with van der Waals surface area (Å²) in [5.41, 5.74) is -1.18. The molecule has 0 aliphatic heterocycles. The van der Waals surface area contributed by atoms with Crippen LogP contribution in [0, 0.1) is 0 Å². The molecule has 0 saturated carbocycles. The molecule has 0 radical (unpaired) electrons. The van der Waals surface area contributed by atoms with Gasteiger partial charge in [-0.3, -0.25) is 9.59 Å². The molecule has 3 aromatic rings. The van der Waals surface area contributed by atoms with E-state index in [0.29, 0.717) is 5.56 Å². The third-order valence-corrected chi connectivity index (χ3v) is 3.97. The fourth-order valence-corrected chi connectivity index (χ4v) is 2.72. The average molecular weight is 372 g/mol. The van der Waals surface area contributed by atoms with E-state index in [9.17, 15) is 30.0 Å². The quantitative estimate of drug-likeness (QED) is 0.523. The Balaban J connectivity index is 2.37. The zero-order valence-electron chi connectivity index (χ0n) is 14.0. The molecule has 1 aromatic carbocycles. The third kappa shape index (κ3) is 3.48. The average Bonchev–Trinajstić information content (AvgIpc) is 2.68. The van der Waals surface area contributed by atoms with E-state index in [1.54, 1.807) is 30.3 Å². The van der Waals surface area contributed by atoms with Gasteiger partial charge in [-0.05, 0) is 5.56 Å². The van der Waals surface area contributed by atoms with Crippen LogP contribution in [0.2, 0.25) is 0 Å². The highest BCUT2D eigenvalue weighted by Gasteiger charge is 2.31. The van der Waals surface area contributed by atoms with Crippen molar-refractivity contribution in [3.8, 4) is 11.5 Å². The molecule has 0 bridgehead atoms. The molecule has 0 unspecified atom stereocenters. The van der Waals surface area contributed by atoms with E-state index < -0.39 is 41.5 Å². The largest absolute Gasteiger partial charge is 0.502 e. The highest BCUT2D eigenvalue weighted by atomic mass is 16.4. The Morgan fingerprint density at radius 3 is 1.63 bits per heavy atom. The first-order chi connectivity index (χ1) is 13.0. The highest BCUT2D eigenvalue weighted by molar-refractivity contribution is 5.45. The minimum absolute atomic E-state index is 0.117. The van der Waals surface area contributed by atoms with E-state index in [1.807, 2.05) is 0 Å². The maximum atomic E-state index is 12.0. The summed E-state index contributed by atoms with van der Waals surface area (Å²) in [6.07, 6.45) is 0. The molecule has 4 N–H and O–H groups in total. The molecular weight excluding hydrogens is 356 g/mol. The molecule has 140 valence electrons.